The van der Waals surface area contributed by atoms with Gasteiger partial charge in [0.1, 0.15) is 5.56 Å². The van der Waals surface area contributed by atoms with E-state index in [2.05, 4.69) is 4.98 Å². The molecule has 0 radical (unpaired) electrons. The molecule has 21 heavy (non-hydrogen) atoms. The Hall–Kier alpha value is -2.14. The Morgan fingerprint density at radius 3 is 2.81 bits per heavy atom. The van der Waals surface area contributed by atoms with Crippen LogP contribution in [0.4, 0.5) is 0 Å². The van der Waals surface area contributed by atoms with Crippen molar-refractivity contribution < 1.29 is 14.3 Å². The number of fused-ring (bicyclic) bond motifs is 3. The summed E-state index contributed by atoms with van der Waals surface area (Å²) in [4.78, 5) is 16.5. The maximum Gasteiger partial charge on any atom is 0.343 e. The number of benzene rings is 1. The van der Waals surface area contributed by atoms with Crippen molar-refractivity contribution in [2.45, 2.75) is 13.8 Å². The van der Waals surface area contributed by atoms with Crippen LogP contribution < -0.4 is 4.74 Å². The van der Waals surface area contributed by atoms with Crippen molar-refractivity contribution >= 4 is 37.6 Å². The number of rotatable bonds is 4. The van der Waals surface area contributed by atoms with Crippen molar-refractivity contribution in [3.8, 4) is 5.75 Å². The number of aromatic nitrogens is 1. The minimum atomic E-state index is -0.396. The number of carbonyl (C=O) groups is 1. The first-order chi connectivity index (χ1) is 10.3. The number of nitrogens with zero attached hydrogens (tertiary/aromatic N) is 1. The molecule has 3 rings (SSSR count). The quantitative estimate of drug-likeness (QED) is 0.683. The highest BCUT2D eigenvalue weighted by Crippen LogP contribution is 2.39. The van der Waals surface area contributed by atoms with Crippen LogP contribution in [0.15, 0.2) is 30.5 Å². The standard InChI is InChI=1S/C16H15NO3S/c1-3-19-14-11(16(18)20-4-2)9-17-13-10-7-5-6-8-12(10)21-15(13)14/h5-9H,3-4H2,1-2H3. The van der Waals surface area contributed by atoms with Crippen molar-refractivity contribution in [3.63, 3.8) is 0 Å². The Morgan fingerprint density at radius 2 is 2.05 bits per heavy atom. The van der Waals surface area contributed by atoms with Gasteiger partial charge in [-0.2, -0.15) is 0 Å². The summed E-state index contributed by atoms with van der Waals surface area (Å²) in [5.41, 5.74) is 1.25. The summed E-state index contributed by atoms with van der Waals surface area (Å²) in [6, 6.07) is 8.04. The number of ether oxygens (including phenoxy) is 2. The summed E-state index contributed by atoms with van der Waals surface area (Å²) in [6.45, 7) is 4.49. The SMILES string of the molecule is CCOC(=O)c1cnc2c(sc3ccccc32)c1OCC. The molecule has 0 unspecified atom stereocenters. The minimum absolute atomic E-state index is 0.328. The van der Waals surface area contributed by atoms with Gasteiger partial charge < -0.3 is 9.47 Å². The number of hydrogen-bond acceptors (Lipinski definition) is 5. The maximum atomic E-state index is 12.1. The Balaban J connectivity index is 2.28. The highest BCUT2D eigenvalue weighted by Gasteiger charge is 2.20. The zero-order valence-corrected chi connectivity index (χ0v) is 12.7. The second-order valence-electron chi connectivity index (χ2n) is 4.43. The third kappa shape index (κ3) is 2.34. The Kier molecular flexibility index (Phi) is 3.75. The topological polar surface area (TPSA) is 48.4 Å². The highest BCUT2D eigenvalue weighted by atomic mass is 32.1. The fourth-order valence-corrected chi connectivity index (χ4v) is 3.43. The zero-order valence-electron chi connectivity index (χ0n) is 11.9. The van der Waals surface area contributed by atoms with Gasteiger partial charge in [-0.25, -0.2) is 4.79 Å². The molecule has 108 valence electrons. The molecule has 0 fully saturated rings. The summed E-state index contributed by atoms with van der Waals surface area (Å²) in [5.74, 6) is 0.176. The van der Waals surface area contributed by atoms with E-state index < -0.39 is 5.97 Å². The second-order valence-corrected chi connectivity index (χ2v) is 5.48. The summed E-state index contributed by atoms with van der Waals surface area (Å²) >= 11 is 1.58. The average molecular weight is 301 g/mol. The molecular weight excluding hydrogens is 286 g/mol. The lowest BCUT2D eigenvalue weighted by molar-refractivity contribution is 0.0522. The first-order valence-electron chi connectivity index (χ1n) is 6.86. The minimum Gasteiger partial charge on any atom is -0.491 e. The van der Waals surface area contributed by atoms with Gasteiger partial charge in [-0.3, -0.25) is 4.98 Å². The molecule has 4 nitrogen and oxygen atoms in total. The van der Waals surface area contributed by atoms with E-state index in [1.165, 1.54) is 0 Å². The van der Waals surface area contributed by atoms with Crippen LogP contribution in [0.25, 0.3) is 20.3 Å². The van der Waals surface area contributed by atoms with Gasteiger partial charge >= 0.3 is 5.97 Å². The molecule has 5 heteroatoms. The molecule has 0 aliphatic carbocycles. The molecule has 0 spiro atoms. The van der Waals surface area contributed by atoms with Crippen LogP contribution in [0.1, 0.15) is 24.2 Å². The number of hydrogen-bond donors (Lipinski definition) is 0. The largest absolute Gasteiger partial charge is 0.491 e. The number of carbonyl (C=O) groups excluding carboxylic acids is 1. The van der Waals surface area contributed by atoms with Crippen molar-refractivity contribution in [1.82, 2.24) is 4.98 Å². The maximum absolute atomic E-state index is 12.1. The van der Waals surface area contributed by atoms with E-state index in [-0.39, 0.29) is 0 Å². The molecule has 0 saturated carbocycles. The Bertz CT molecular complexity index is 810. The predicted molar refractivity (Wildman–Crippen MR) is 84.3 cm³/mol. The molecule has 0 aliphatic rings. The number of esters is 1. The molecule has 0 amide bonds. The van der Waals surface area contributed by atoms with Gasteiger partial charge in [0.25, 0.3) is 0 Å². The molecule has 0 aliphatic heterocycles. The van der Waals surface area contributed by atoms with Crippen LogP contribution >= 0.6 is 11.3 Å². The zero-order chi connectivity index (χ0) is 14.8. The Morgan fingerprint density at radius 1 is 1.24 bits per heavy atom. The number of thiophene rings is 1. The van der Waals surface area contributed by atoms with Crippen LogP contribution in [0, 0.1) is 0 Å². The van der Waals surface area contributed by atoms with E-state index >= 15 is 0 Å². The highest BCUT2D eigenvalue weighted by molar-refractivity contribution is 7.26. The van der Waals surface area contributed by atoms with Crippen LogP contribution in [-0.2, 0) is 4.74 Å². The van der Waals surface area contributed by atoms with E-state index in [1.54, 1.807) is 24.5 Å². The summed E-state index contributed by atoms with van der Waals surface area (Å²) in [5, 5.41) is 1.08. The molecule has 3 aromatic rings. The van der Waals surface area contributed by atoms with Gasteiger partial charge in [0.05, 0.1) is 23.4 Å². The lowest BCUT2D eigenvalue weighted by Gasteiger charge is -2.09. The molecule has 0 saturated heterocycles. The lowest BCUT2D eigenvalue weighted by atomic mass is 10.2. The molecule has 0 atom stereocenters. The summed E-state index contributed by atoms with van der Waals surface area (Å²) in [6.07, 6.45) is 1.55. The van der Waals surface area contributed by atoms with E-state index in [0.29, 0.717) is 24.5 Å². The molecule has 1 aromatic carbocycles. The van der Waals surface area contributed by atoms with Crippen molar-refractivity contribution in [2.24, 2.45) is 0 Å². The van der Waals surface area contributed by atoms with Gasteiger partial charge in [-0.1, -0.05) is 18.2 Å². The van der Waals surface area contributed by atoms with Crippen molar-refractivity contribution in [3.05, 3.63) is 36.0 Å². The van der Waals surface area contributed by atoms with Crippen LogP contribution in [0.3, 0.4) is 0 Å². The molecule has 2 aromatic heterocycles. The summed E-state index contributed by atoms with van der Waals surface area (Å²) in [7, 11) is 0. The third-order valence-electron chi connectivity index (χ3n) is 3.13. The Labute approximate surface area is 126 Å². The first-order valence-corrected chi connectivity index (χ1v) is 7.68. The van der Waals surface area contributed by atoms with E-state index in [9.17, 15) is 4.79 Å². The predicted octanol–water partition coefficient (Wildman–Crippen LogP) is 4.02. The van der Waals surface area contributed by atoms with Gasteiger partial charge in [0.2, 0.25) is 0 Å². The van der Waals surface area contributed by atoms with Crippen molar-refractivity contribution in [2.75, 3.05) is 13.2 Å². The van der Waals surface area contributed by atoms with Gasteiger partial charge in [-0.05, 0) is 19.9 Å². The van der Waals surface area contributed by atoms with Crippen molar-refractivity contribution in [1.29, 1.82) is 0 Å². The first kappa shape index (κ1) is 13.8. The average Bonchev–Trinajstić information content (AvgIpc) is 2.87. The van der Waals surface area contributed by atoms with Crippen LogP contribution in [0.2, 0.25) is 0 Å². The number of pyridine rings is 1. The second kappa shape index (κ2) is 5.69. The fraction of sp³-hybridized carbons (Fsp3) is 0.250. The van der Waals surface area contributed by atoms with Gasteiger partial charge in [-0.15, -0.1) is 11.3 Å². The monoisotopic (exact) mass is 301 g/mol. The molecule has 0 bridgehead atoms. The van der Waals surface area contributed by atoms with E-state index in [4.69, 9.17) is 9.47 Å². The van der Waals surface area contributed by atoms with E-state index in [0.717, 1.165) is 20.3 Å². The molecule has 2 heterocycles. The van der Waals surface area contributed by atoms with E-state index in [1.807, 2.05) is 31.2 Å². The fourth-order valence-electron chi connectivity index (χ4n) is 2.27. The van der Waals surface area contributed by atoms with Gasteiger partial charge in [0, 0.05) is 16.3 Å². The lowest BCUT2D eigenvalue weighted by Crippen LogP contribution is -2.08. The van der Waals surface area contributed by atoms with Crippen LogP contribution in [0.5, 0.6) is 5.75 Å². The summed E-state index contributed by atoms with van der Waals surface area (Å²) < 4.78 is 12.8. The van der Waals surface area contributed by atoms with Gasteiger partial charge in [0.15, 0.2) is 5.75 Å². The smallest absolute Gasteiger partial charge is 0.343 e. The third-order valence-corrected chi connectivity index (χ3v) is 4.29. The molecular formula is C16H15NO3S. The van der Waals surface area contributed by atoms with Crippen LogP contribution in [-0.4, -0.2) is 24.2 Å². The molecule has 0 N–H and O–H groups in total. The normalized spacial score (nSPS) is 11.0.